The van der Waals surface area contributed by atoms with Gasteiger partial charge in [-0.2, -0.15) is 0 Å². The number of nitrogens with two attached hydrogens (primary N) is 4. The fourth-order valence-corrected chi connectivity index (χ4v) is 6.22. The highest BCUT2D eigenvalue weighted by Gasteiger charge is 2.30. The van der Waals surface area contributed by atoms with Crippen LogP contribution in [0.15, 0.2) is 52.4 Å². The molecule has 0 spiro atoms. The van der Waals surface area contributed by atoms with Gasteiger partial charge in [0.05, 0.1) is 0 Å². The van der Waals surface area contributed by atoms with Crippen LogP contribution in [0.4, 0.5) is 0 Å². The molecule has 0 aromatic heterocycles. The Labute approximate surface area is 321 Å². The van der Waals surface area contributed by atoms with Crippen molar-refractivity contribution in [1.82, 2.24) is 20.9 Å². The first-order valence-electron chi connectivity index (χ1n) is 19.7. The largest absolute Gasteiger partial charge is 0.370 e. The lowest BCUT2D eigenvalue weighted by molar-refractivity contribution is -0.130. The third-order valence-corrected chi connectivity index (χ3v) is 9.06. The van der Waals surface area contributed by atoms with Gasteiger partial charge in [0.25, 0.3) is 5.91 Å². The average molecular weight is 751 g/mol. The Morgan fingerprint density at radius 1 is 0.722 bits per heavy atom. The lowest BCUT2D eigenvalue weighted by atomic mass is 9.99. The lowest BCUT2D eigenvalue weighted by Gasteiger charge is -2.32. The van der Waals surface area contributed by atoms with Crippen molar-refractivity contribution in [1.29, 1.82) is 0 Å². The zero-order chi connectivity index (χ0) is 39.7. The second kappa shape index (κ2) is 26.0. The van der Waals surface area contributed by atoms with Gasteiger partial charge in [-0.1, -0.05) is 83.2 Å². The van der Waals surface area contributed by atoms with Crippen LogP contribution in [-0.2, 0) is 14.4 Å². The molecule has 0 fully saturated rings. The minimum absolute atomic E-state index is 0.0264. The van der Waals surface area contributed by atoms with Gasteiger partial charge in [-0.25, -0.2) is 0 Å². The van der Waals surface area contributed by atoms with Crippen molar-refractivity contribution < 1.29 is 19.2 Å². The standard InChI is InChI=1S/C40H66N10O4/c1-4-5-6-7-9-18-33(27-35(51)45-21-12-8-13-23-47-39(41)42)50(38(54)32-20-19-30-16-10-11-17-31(30)26-32)28-36(52)49-34(25-29(2)3)37(53)46-22-14-15-24-48-40(43)44/h10-11,16-17,19-20,26,29,33-34H,4-9,12-15,18,21-25,27-28H2,1-3H3,(H,45,51)(H,46,53)(H,49,52)(H4,41,42,47)(H4,43,44,48)/t33-,34-/m0/s1. The first kappa shape index (κ1) is 45.3. The van der Waals surface area contributed by atoms with Crippen LogP contribution in [-0.4, -0.2) is 85.3 Å². The molecule has 14 nitrogen and oxygen atoms in total. The zero-order valence-electron chi connectivity index (χ0n) is 32.8. The topological polar surface area (TPSA) is 236 Å². The third-order valence-electron chi connectivity index (χ3n) is 9.06. The number of unbranched alkanes of at least 4 members (excludes halogenated alkanes) is 7. The van der Waals surface area contributed by atoms with Crippen molar-refractivity contribution in [2.75, 3.05) is 32.7 Å². The molecule has 2 atom stereocenters. The van der Waals surface area contributed by atoms with E-state index in [0.29, 0.717) is 57.4 Å². The molecule has 0 aliphatic carbocycles. The lowest BCUT2D eigenvalue weighted by Crippen LogP contribution is -2.53. The summed E-state index contributed by atoms with van der Waals surface area (Å²) in [4.78, 5) is 64.5. The second-order valence-electron chi connectivity index (χ2n) is 14.3. The summed E-state index contributed by atoms with van der Waals surface area (Å²) in [5, 5.41) is 10.7. The smallest absolute Gasteiger partial charge is 0.254 e. The number of hydrogen-bond acceptors (Lipinski definition) is 6. The molecule has 0 saturated heterocycles. The van der Waals surface area contributed by atoms with Gasteiger partial charge >= 0.3 is 0 Å². The minimum Gasteiger partial charge on any atom is -0.370 e. The fourth-order valence-electron chi connectivity index (χ4n) is 6.22. The zero-order valence-corrected chi connectivity index (χ0v) is 32.8. The predicted molar refractivity (Wildman–Crippen MR) is 219 cm³/mol. The van der Waals surface area contributed by atoms with Crippen LogP contribution in [0.25, 0.3) is 10.8 Å². The molecular formula is C40H66N10O4. The molecule has 2 rings (SSSR count). The molecule has 300 valence electrons. The van der Waals surface area contributed by atoms with Gasteiger partial charge < -0.3 is 43.8 Å². The number of aliphatic imine (C=N–C) groups is 2. The molecule has 11 N–H and O–H groups in total. The van der Waals surface area contributed by atoms with Gasteiger partial charge in [-0.15, -0.1) is 0 Å². The van der Waals surface area contributed by atoms with Crippen molar-refractivity contribution in [2.24, 2.45) is 38.8 Å². The Balaban J connectivity index is 2.29. The average Bonchev–Trinajstić information content (AvgIpc) is 3.13. The Kier molecular flexibility index (Phi) is 21.8. The molecule has 0 heterocycles. The first-order valence-corrected chi connectivity index (χ1v) is 19.7. The SMILES string of the molecule is CCCCCCC[C@@H](CC(=O)NCCCCCN=C(N)N)N(CC(=O)N[C@@H](CC(C)C)C(=O)NCCCCN=C(N)N)C(=O)c1ccc2ccccc2c1. The molecule has 0 unspecified atom stereocenters. The molecule has 54 heavy (non-hydrogen) atoms. The molecule has 2 aromatic rings. The van der Waals surface area contributed by atoms with E-state index in [2.05, 4.69) is 32.9 Å². The Morgan fingerprint density at radius 2 is 1.33 bits per heavy atom. The van der Waals surface area contributed by atoms with E-state index < -0.39 is 18.0 Å². The number of benzene rings is 2. The first-order chi connectivity index (χ1) is 25.9. The van der Waals surface area contributed by atoms with E-state index in [9.17, 15) is 19.2 Å². The van der Waals surface area contributed by atoms with E-state index in [4.69, 9.17) is 22.9 Å². The Morgan fingerprint density at radius 3 is 2.00 bits per heavy atom. The summed E-state index contributed by atoms with van der Waals surface area (Å²) in [5.41, 5.74) is 22.0. The van der Waals surface area contributed by atoms with Crippen LogP contribution in [0, 0.1) is 5.92 Å². The highest BCUT2D eigenvalue weighted by molar-refractivity contribution is 6.01. The molecule has 0 saturated carbocycles. The predicted octanol–water partition coefficient (Wildman–Crippen LogP) is 3.66. The van der Waals surface area contributed by atoms with Gasteiger partial charge in [-0.3, -0.25) is 29.2 Å². The van der Waals surface area contributed by atoms with Crippen LogP contribution >= 0.6 is 0 Å². The molecule has 0 bridgehead atoms. The molecule has 0 aliphatic heterocycles. The van der Waals surface area contributed by atoms with Crippen molar-refractivity contribution in [3.05, 3.63) is 48.0 Å². The summed E-state index contributed by atoms with van der Waals surface area (Å²) >= 11 is 0. The molecule has 2 aromatic carbocycles. The highest BCUT2D eigenvalue weighted by atomic mass is 16.2. The van der Waals surface area contributed by atoms with Crippen molar-refractivity contribution >= 4 is 46.3 Å². The van der Waals surface area contributed by atoms with Gasteiger partial charge in [-0.05, 0) is 73.8 Å². The maximum Gasteiger partial charge on any atom is 0.254 e. The van der Waals surface area contributed by atoms with Gasteiger partial charge in [0, 0.05) is 44.2 Å². The number of fused-ring (bicyclic) bond motifs is 1. The van der Waals surface area contributed by atoms with Gasteiger partial charge in [0.2, 0.25) is 17.7 Å². The molecule has 14 heteroatoms. The van der Waals surface area contributed by atoms with E-state index in [-0.39, 0.29) is 48.5 Å². The molecular weight excluding hydrogens is 685 g/mol. The summed E-state index contributed by atoms with van der Waals surface area (Å²) in [7, 11) is 0. The highest BCUT2D eigenvalue weighted by Crippen LogP contribution is 2.22. The molecule has 4 amide bonds. The normalized spacial score (nSPS) is 12.1. The summed E-state index contributed by atoms with van der Waals surface area (Å²) in [6.07, 6.45) is 9.76. The van der Waals surface area contributed by atoms with E-state index in [1.54, 1.807) is 6.07 Å². The van der Waals surface area contributed by atoms with E-state index in [0.717, 1.165) is 62.1 Å². The van der Waals surface area contributed by atoms with Gasteiger partial charge in [0.15, 0.2) is 11.9 Å². The number of carbonyl (C=O) groups is 4. The van der Waals surface area contributed by atoms with Crippen LogP contribution in [0.1, 0.15) is 115 Å². The summed E-state index contributed by atoms with van der Waals surface area (Å²) < 4.78 is 0. The van der Waals surface area contributed by atoms with Crippen molar-refractivity contribution in [2.45, 2.75) is 116 Å². The Hall–Kier alpha value is -4.88. The number of hydrogen-bond donors (Lipinski definition) is 7. The summed E-state index contributed by atoms with van der Waals surface area (Å²) in [6, 6.07) is 11.9. The number of nitrogens with zero attached hydrogens (tertiary/aromatic N) is 3. The van der Waals surface area contributed by atoms with Crippen LogP contribution < -0.4 is 38.9 Å². The maximum atomic E-state index is 14.4. The van der Waals surface area contributed by atoms with Gasteiger partial charge in [0.1, 0.15) is 12.6 Å². The number of rotatable bonds is 27. The minimum atomic E-state index is -0.796. The van der Waals surface area contributed by atoms with Crippen molar-refractivity contribution in [3.8, 4) is 0 Å². The third kappa shape index (κ3) is 18.7. The van der Waals surface area contributed by atoms with Crippen molar-refractivity contribution in [3.63, 3.8) is 0 Å². The van der Waals surface area contributed by atoms with Crippen LogP contribution in [0.3, 0.4) is 0 Å². The second-order valence-corrected chi connectivity index (χ2v) is 14.3. The molecule has 0 aliphatic rings. The van der Waals surface area contributed by atoms with Crippen LogP contribution in [0.2, 0.25) is 0 Å². The summed E-state index contributed by atoms with van der Waals surface area (Å²) in [5.74, 6) is -1.08. The fraction of sp³-hybridized carbons (Fsp3) is 0.600. The van der Waals surface area contributed by atoms with E-state index >= 15 is 0 Å². The Bertz CT molecular complexity index is 1500. The number of carbonyl (C=O) groups excluding carboxylic acids is 4. The van der Waals surface area contributed by atoms with E-state index in [1.807, 2.05) is 50.2 Å². The molecule has 0 radical (unpaired) electrons. The number of guanidine groups is 2. The number of nitrogens with one attached hydrogen (secondary N) is 3. The van der Waals surface area contributed by atoms with Crippen LogP contribution in [0.5, 0.6) is 0 Å². The van der Waals surface area contributed by atoms with E-state index in [1.165, 1.54) is 4.90 Å². The maximum absolute atomic E-state index is 14.4. The number of amides is 4. The monoisotopic (exact) mass is 751 g/mol. The summed E-state index contributed by atoms with van der Waals surface area (Å²) in [6.45, 7) is 7.68. The quantitative estimate of drug-likeness (QED) is 0.0403.